The summed E-state index contributed by atoms with van der Waals surface area (Å²) in [5, 5.41) is 12.0. The summed E-state index contributed by atoms with van der Waals surface area (Å²) < 4.78 is 26.8. The smallest absolute Gasteiger partial charge is 0.250 e. The summed E-state index contributed by atoms with van der Waals surface area (Å²) in [7, 11) is -3.45. The summed E-state index contributed by atoms with van der Waals surface area (Å²) in [6.45, 7) is 2.49. The highest BCUT2D eigenvalue weighted by Gasteiger charge is 2.18. The summed E-state index contributed by atoms with van der Waals surface area (Å²) in [4.78, 5) is 0.414. The highest BCUT2D eigenvalue weighted by Crippen LogP contribution is 2.21. The molecule has 1 aromatic heterocycles. The van der Waals surface area contributed by atoms with Crippen LogP contribution in [-0.2, 0) is 10.0 Å². The lowest BCUT2D eigenvalue weighted by Gasteiger charge is -2.22. The van der Waals surface area contributed by atoms with E-state index in [1.54, 1.807) is 0 Å². The SMILES string of the molecule is N#Cc1ccc(S(=O)(=O)NCCC2CCCNC2)s1. The molecule has 104 valence electrons. The number of piperidine rings is 1. The molecule has 0 saturated carbocycles. The molecule has 1 aliphatic heterocycles. The molecule has 19 heavy (non-hydrogen) atoms. The zero-order chi connectivity index (χ0) is 13.7. The van der Waals surface area contributed by atoms with Crippen LogP contribution in [0.3, 0.4) is 0 Å². The molecule has 5 nitrogen and oxygen atoms in total. The summed E-state index contributed by atoms with van der Waals surface area (Å²) >= 11 is 1.00. The number of hydrogen-bond acceptors (Lipinski definition) is 5. The fraction of sp³-hybridized carbons (Fsp3) is 0.583. The standard InChI is InChI=1S/C12H17N3O2S2/c13-8-11-3-4-12(18-11)19(16,17)15-7-5-10-2-1-6-14-9-10/h3-4,10,14-15H,1-2,5-7,9H2. The molecule has 0 aliphatic carbocycles. The zero-order valence-electron chi connectivity index (χ0n) is 10.6. The van der Waals surface area contributed by atoms with Crippen molar-refractivity contribution in [2.24, 2.45) is 5.92 Å². The Morgan fingerprint density at radius 3 is 3.00 bits per heavy atom. The lowest BCUT2D eigenvalue weighted by Crippen LogP contribution is -2.33. The number of nitriles is 1. The molecule has 1 atom stereocenters. The molecule has 0 radical (unpaired) electrons. The van der Waals surface area contributed by atoms with Gasteiger partial charge in [0.05, 0.1) is 0 Å². The molecule has 1 saturated heterocycles. The second-order valence-corrected chi connectivity index (χ2v) is 7.71. The van der Waals surface area contributed by atoms with Gasteiger partial charge in [-0.1, -0.05) is 0 Å². The fourth-order valence-electron chi connectivity index (χ4n) is 2.16. The van der Waals surface area contributed by atoms with Crippen LogP contribution >= 0.6 is 11.3 Å². The van der Waals surface area contributed by atoms with Crippen molar-refractivity contribution < 1.29 is 8.42 Å². The molecule has 1 fully saturated rings. The first kappa shape index (κ1) is 14.5. The van der Waals surface area contributed by atoms with Crippen LogP contribution in [-0.4, -0.2) is 28.1 Å². The van der Waals surface area contributed by atoms with E-state index in [0.717, 1.165) is 43.7 Å². The number of nitrogens with zero attached hydrogens (tertiary/aromatic N) is 1. The van der Waals surface area contributed by atoms with Crippen molar-refractivity contribution in [3.8, 4) is 6.07 Å². The zero-order valence-corrected chi connectivity index (χ0v) is 12.2. The van der Waals surface area contributed by atoms with Crippen LogP contribution in [0.4, 0.5) is 0 Å². The molecule has 2 heterocycles. The van der Waals surface area contributed by atoms with E-state index in [2.05, 4.69) is 10.0 Å². The van der Waals surface area contributed by atoms with E-state index in [4.69, 9.17) is 5.26 Å². The van der Waals surface area contributed by atoms with Crippen LogP contribution in [0.1, 0.15) is 24.1 Å². The van der Waals surface area contributed by atoms with E-state index in [0.29, 0.717) is 17.3 Å². The minimum atomic E-state index is -3.45. The maximum Gasteiger partial charge on any atom is 0.250 e. The average molecular weight is 299 g/mol. The minimum Gasteiger partial charge on any atom is -0.316 e. The Morgan fingerprint density at radius 1 is 1.53 bits per heavy atom. The van der Waals surface area contributed by atoms with Gasteiger partial charge in [-0.15, -0.1) is 11.3 Å². The lowest BCUT2D eigenvalue weighted by molar-refractivity contribution is 0.358. The molecule has 7 heteroatoms. The average Bonchev–Trinajstić information content (AvgIpc) is 2.89. The molecular weight excluding hydrogens is 282 g/mol. The molecule has 2 N–H and O–H groups in total. The van der Waals surface area contributed by atoms with E-state index < -0.39 is 10.0 Å². The highest BCUT2D eigenvalue weighted by molar-refractivity contribution is 7.91. The molecular formula is C12H17N3O2S2. The van der Waals surface area contributed by atoms with Gasteiger partial charge in [0.15, 0.2) is 0 Å². The van der Waals surface area contributed by atoms with Gasteiger partial charge in [-0.2, -0.15) is 5.26 Å². The van der Waals surface area contributed by atoms with Crippen molar-refractivity contribution in [2.75, 3.05) is 19.6 Å². The van der Waals surface area contributed by atoms with E-state index in [9.17, 15) is 8.42 Å². The Balaban J connectivity index is 1.85. The number of thiophene rings is 1. The largest absolute Gasteiger partial charge is 0.316 e. The Labute approximate surface area is 117 Å². The normalized spacial score (nSPS) is 20.1. The van der Waals surface area contributed by atoms with E-state index >= 15 is 0 Å². The van der Waals surface area contributed by atoms with Crippen molar-refractivity contribution in [1.29, 1.82) is 5.26 Å². The number of sulfonamides is 1. The Hall–Kier alpha value is -0.940. The van der Waals surface area contributed by atoms with Crippen molar-refractivity contribution in [2.45, 2.75) is 23.5 Å². The topological polar surface area (TPSA) is 82.0 Å². The second-order valence-electron chi connectivity index (χ2n) is 4.63. The third kappa shape index (κ3) is 4.01. The molecule has 0 amide bonds. The van der Waals surface area contributed by atoms with Crippen molar-refractivity contribution in [3.63, 3.8) is 0 Å². The Bertz CT molecular complexity index is 554. The number of nitrogens with one attached hydrogen (secondary N) is 2. The molecule has 0 aromatic carbocycles. The van der Waals surface area contributed by atoms with E-state index in [1.807, 2.05) is 6.07 Å². The van der Waals surface area contributed by atoms with Gasteiger partial charge in [0, 0.05) is 6.54 Å². The van der Waals surface area contributed by atoms with Crippen LogP contribution in [0.2, 0.25) is 0 Å². The summed E-state index contributed by atoms with van der Waals surface area (Å²) in [6.07, 6.45) is 3.17. The van der Waals surface area contributed by atoms with Gasteiger partial charge >= 0.3 is 0 Å². The summed E-state index contributed by atoms with van der Waals surface area (Å²) in [5.74, 6) is 0.550. The van der Waals surface area contributed by atoms with Gasteiger partial charge in [0.25, 0.3) is 0 Å². The molecule has 0 bridgehead atoms. The van der Waals surface area contributed by atoms with Gasteiger partial charge < -0.3 is 5.32 Å². The third-order valence-electron chi connectivity index (χ3n) is 3.20. The first-order valence-corrected chi connectivity index (χ1v) is 8.62. The van der Waals surface area contributed by atoms with Crippen molar-refractivity contribution in [3.05, 3.63) is 17.0 Å². The highest BCUT2D eigenvalue weighted by atomic mass is 32.2. The van der Waals surface area contributed by atoms with Gasteiger partial charge in [-0.3, -0.25) is 0 Å². The predicted molar refractivity (Wildman–Crippen MR) is 74.4 cm³/mol. The molecule has 1 aliphatic rings. The van der Waals surface area contributed by atoms with Crippen LogP contribution in [0.15, 0.2) is 16.3 Å². The van der Waals surface area contributed by atoms with Gasteiger partial charge in [0.1, 0.15) is 15.2 Å². The Kier molecular flexibility index (Phi) is 4.93. The maximum absolute atomic E-state index is 12.0. The fourth-order valence-corrected chi connectivity index (χ4v) is 4.36. The summed E-state index contributed by atoms with van der Waals surface area (Å²) in [6, 6.07) is 4.96. The molecule has 2 rings (SSSR count). The maximum atomic E-state index is 12.0. The number of hydrogen-bond donors (Lipinski definition) is 2. The van der Waals surface area contributed by atoms with Gasteiger partial charge in [-0.25, -0.2) is 13.1 Å². The van der Waals surface area contributed by atoms with Crippen molar-refractivity contribution in [1.82, 2.24) is 10.0 Å². The van der Waals surface area contributed by atoms with Crippen LogP contribution in [0.25, 0.3) is 0 Å². The monoisotopic (exact) mass is 299 g/mol. The predicted octanol–water partition coefficient (Wildman–Crippen LogP) is 1.29. The molecule has 0 spiro atoms. The minimum absolute atomic E-state index is 0.214. The number of rotatable bonds is 5. The van der Waals surface area contributed by atoms with E-state index in [1.165, 1.54) is 12.1 Å². The third-order valence-corrected chi connectivity index (χ3v) is 6.14. The van der Waals surface area contributed by atoms with Crippen LogP contribution in [0.5, 0.6) is 0 Å². The first-order chi connectivity index (χ1) is 9.12. The quantitative estimate of drug-likeness (QED) is 0.858. The van der Waals surface area contributed by atoms with Gasteiger partial charge in [-0.05, 0) is 50.4 Å². The lowest BCUT2D eigenvalue weighted by atomic mass is 9.96. The van der Waals surface area contributed by atoms with Gasteiger partial charge in [0.2, 0.25) is 10.0 Å². The van der Waals surface area contributed by atoms with Crippen LogP contribution in [0, 0.1) is 17.2 Å². The molecule has 1 aromatic rings. The van der Waals surface area contributed by atoms with E-state index in [-0.39, 0.29) is 4.21 Å². The Morgan fingerprint density at radius 2 is 2.37 bits per heavy atom. The first-order valence-electron chi connectivity index (χ1n) is 6.32. The second kappa shape index (κ2) is 6.48. The van der Waals surface area contributed by atoms with Crippen LogP contribution < -0.4 is 10.0 Å². The molecule has 1 unspecified atom stereocenters. The van der Waals surface area contributed by atoms with Crippen molar-refractivity contribution >= 4 is 21.4 Å². The summed E-state index contributed by atoms with van der Waals surface area (Å²) in [5.41, 5.74) is 0.